The molecule has 3 N–H and O–H groups in total. The van der Waals surface area contributed by atoms with Crippen molar-refractivity contribution in [1.82, 2.24) is 0 Å². The smallest absolute Gasteiger partial charge is 0.305 e. The second-order valence-corrected chi connectivity index (χ2v) is 24.3. The van der Waals surface area contributed by atoms with E-state index in [0.29, 0.717) is 73.0 Å². The third-order valence-corrected chi connectivity index (χ3v) is 22.2. The van der Waals surface area contributed by atoms with Crippen molar-refractivity contribution < 1.29 is 48.0 Å². The number of halogens is 2. The Bertz CT molecular complexity index is 1680. The van der Waals surface area contributed by atoms with Crippen LogP contribution in [0.15, 0.2) is 0 Å². The molecule has 0 saturated heterocycles. The van der Waals surface area contributed by atoms with E-state index in [4.69, 9.17) is 9.47 Å². The van der Waals surface area contributed by atoms with Gasteiger partial charge in [0.25, 0.3) is 0 Å². The maximum absolute atomic E-state index is 15.4. The lowest BCUT2D eigenvalue weighted by Gasteiger charge is -2.65. The van der Waals surface area contributed by atoms with Gasteiger partial charge in [-0.25, -0.2) is 8.78 Å². The summed E-state index contributed by atoms with van der Waals surface area (Å²) >= 11 is 0. The van der Waals surface area contributed by atoms with Gasteiger partial charge < -0.3 is 24.8 Å². The zero-order chi connectivity index (χ0) is 46.8. The third-order valence-electron chi connectivity index (χ3n) is 22.2. The van der Waals surface area contributed by atoms with E-state index in [2.05, 4.69) is 55.4 Å². The lowest BCUT2D eigenvalue weighted by molar-refractivity contribution is -0.222. The molecule has 0 aliphatic heterocycles. The SMILES string of the molecule is CC[C@@H]1[C@@H]2[C@@H](F)C(=O)CC[C@]2(C)C2CC[C@@]3(C)C(CCC3[C@H](C)CCC(=O)OC)C2[C@@H]1O.CC[C@@H]1[C@@H]2[C@@H](F)[C@H](O)CC[C@]2(C)C2CC[C@@]3(C)C(CCC3[C@H](C)CCC(=O)OC)C2[C@@H]1O. The lowest BCUT2D eigenvalue weighted by Crippen LogP contribution is -2.65. The van der Waals surface area contributed by atoms with Gasteiger partial charge in [-0.15, -0.1) is 0 Å². The van der Waals surface area contributed by atoms with Crippen molar-refractivity contribution in [3.63, 3.8) is 0 Å². The van der Waals surface area contributed by atoms with Crippen molar-refractivity contribution in [2.24, 2.45) is 105 Å². The van der Waals surface area contributed by atoms with Crippen LogP contribution in [0.25, 0.3) is 0 Å². The van der Waals surface area contributed by atoms with Gasteiger partial charge in [0, 0.05) is 31.1 Å². The molecule has 10 heteroatoms. The van der Waals surface area contributed by atoms with E-state index in [-0.39, 0.29) is 74.9 Å². The number of aliphatic hydroxyl groups excluding tert-OH is 3. The summed E-state index contributed by atoms with van der Waals surface area (Å²) in [5, 5.41) is 33.7. The average Bonchev–Trinajstić information content (AvgIpc) is 3.82. The summed E-state index contributed by atoms with van der Waals surface area (Å²) in [6.07, 6.45) is 10.9. The van der Waals surface area contributed by atoms with Crippen LogP contribution in [0.4, 0.5) is 8.78 Å². The van der Waals surface area contributed by atoms with Crippen LogP contribution in [0.3, 0.4) is 0 Å². The van der Waals surface area contributed by atoms with Gasteiger partial charge in [-0.05, 0) is 176 Å². The van der Waals surface area contributed by atoms with Crippen LogP contribution in [0, 0.1) is 105 Å². The molecule has 8 nitrogen and oxygen atoms in total. The molecule has 0 aromatic rings. The van der Waals surface area contributed by atoms with Crippen LogP contribution < -0.4 is 0 Å². The number of carbonyl (C=O) groups is 3. The normalized spacial score (nSPS) is 50.2. The summed E-state index contributed by atoms with van der Waals surface area (Å²) in [5.41, 5.74) is -0.0196. The topological polar surface area (TPSA) is 130 Å². The van der Waals surface area contributed by atoms with E-state index in [1.165, 1.54) is 14.2 Å². The zero-order valence-corrected chi connectivity index (χ0v) is 41.3. The van der Waals surface area contributed by atoms with Gasteiger partial charge in [0.2, 0.25) is 0 Å². The number of Topliss-reactive ketones (excluding diaryl/α,β-unsaturated/α-hetero) is 1. The highest BCUT2D eigenvalue weighted by atomic mass is 19.1. The van der Waals surface area contributed by atoms with Crippen molar-refractivity contribution in [2.45, 2.75) is 202 Å². The summed E-state index contributed by atoms with van der Waals surface area (Å²) in [4.78, 5) is 35.7. The highest BCUT2D eigenvalue weighted by molar-refractivity contribution is 5.84. The first-order valence-electron chi connectivity index (χ1n) is 26.2. The second kappa shape index (κ2) is 19.0. The molecule has 0 aromatic carbocycles. The molecule has 0 spiro atoms. The largest absolute Gasteiger partial charge is 0.469 e. The molecule has 8 saturated carbocycles. The van der Waals surface area contributed by atoms with Crippen molar-refractivity contribution in [3.05, 3.63) is 0 Å². The molecule has 0 aromatic heterocycles. The van der Waals surface area contributed by atoms with Crippen molar-refractivity contribution in [3.8, 4) is 0 Å². The quantitative estimate of drug-likeness (QED) is 0.185. The minimum absolute atomic E-state index is 0.0793. The molecular weight excluding hydrogens is 815 g/mol. The second-order valence-electron chi connectivity index (χ2n) is 24.3. The first-order chi connectivity index (χ1) is 30.2. The highest BCUT2D eigenvalue weighted by Crippen LogP contribution is 2.71. The molecule has 366 valence electrons. The van der Waals surface area contributed by atoms with Crippen LogP contribution in [0.5, 0.6) is 0 Å². The number of ether oxygens (including phenoxy) is 2. The number of esters is 2. The summed E-state index contributed by atoms with van der Waals surface area (Å²) < 4.78 is 40.5. The number of methoxy groups -OCH3 is 2. The van der Waals surface area contributed by atoms with Gasteiger partial charge in [0.1, 0.15) is 6.17 Å². The fraction of sp³-hybridized carbons (Fsp3) is 0.944. The minimum Gasteiger partial charge on any atom is -0.469 e. The molecule has 0 bridgehead atoms. The molecule has 23 atom stereocenters. The van der Waals surface area contributed by atoms with E-state index in [9.17, 15) is 29.7 Å². The molecule has 8 aliphatic rings. The Labute approximate surface area is 384 Å². The summed E-state index contributed by atoms with van der Waals surface area (Å²) in [6, 6.07) is 0. The fourth-order valence-electron chi connectivity index (χ4n) is 19.0. The number of ketones is 1. The Kier molecular flexibility index (Phi) is 14.9. The first kappa shape index (κ1) is 50.2. The van der Waals surface area contributed by atoms with Crippen LogP contribution in [-0.4, -0.2) is 77.9 Å². The van der Waals surface area contributed by atoms with E-state index in [1.54, 1.807) is 0 Å². The Hall–Kier alpha value is -1.65. The first-order valence-corrected chi connectivity index (χ1v) is 26.2. The van der Waals surface area contributed by atoms with Gasteiger partial charge in [-0.2, -0.15) is 0 Å². The van der Waals surface area contributed by atoms with Gasteiger partial charge in [-0.1, -0.05) is 68.2 Å². The Morgan fingerprint density at radius 1 is 0.625 bits per heavy atom. The van der Waals surface area contributed by atoms with Crippen molar-refractivity contribution in [1.29, 1.82) is 0 Å². The monoisotopic (exact) mass is 903 g/mol. The standard InChI is InChI=1S/C27H45FO4.C27H43FO4/c2*1-6-16-23-24(28)20(29)12-14-27(23,4)19-11-13-26(3)17(15(2)7-10-21(30)32-5)8-9-18(26)22(19)25(16)31/h15-20,22-25,29,31H,6-14H2,1-5H3;15-19,22-25,31H,6-14H2,1-5H3/t15-,16-,17?,18?,19?,20-,22?,23-,24+,25-,26-,27-;15-,16-,17?,18?,19?,22?,23-,24+,25-,26-,27-/m11/s1. The lowest BCUT2D eigenvalue weighted by atomic mass is 9.41. The number of rotatable bonds is 10. The number of carbonyl (C=O) groups excluding carboxylic acids is 3. The van der Waals surface area contributed by atoms with E-state index < -0.39 is 30.7 Å². The molecule has 8 fully saturated rings. The zero-order valence-electron chi connectivity index (χ0n) is 41.3. The molecule has 8 aliphatic carbocycles. The van der Waals surface area contributed by atoms with Crippen LogP contribution >= 0.6 is 0 Å². The molecule has 8 rings (SSSR count). The summed E-state index contributed by atoms with van der Waals surface area (Å²) in [5.74, 6) is 2.59. The number of aliphatic hydroxyl groups is 3. The molecular formula is C54H88F2O8. The third kappa shape index (κ3) is 8.07. The minimum atomic E-state index is -1.42. The molecule has 64 heavy (non-hydrogen) atoms. The highest BCUT2D eigenvalue weighted by Gasteiger charge is 2.68. The van der Waals surface area contributed by atoms with Gasteiger partial charge in [0.15, 0.2) is 12.0 Å². The maximum atomic E-state index is 15.4. The molecule has 0 radical (unpaired) electrons. The van der Waals surface area contributed by atoms with Gasteiger partial charge in [0.05, 0.1) is 32.5 Å². The average molecular weight is 903 g/mol. The molecule has 0 amide bonds. The van der Waals surface area contributed by atoms with Crippen LogP contribution in [0.2, 0.25) is 0 Å². The van der Waals surface area contributed by atoms with E-state index in [0.717, 1.165) is 89.9 Å². The predicted octanol–water partition coefficient (Wildman–Crippen LogP) is 10.5. The number of alkyl halides is 2. The van der Waals surface area contributed by atoms with E-state index in [1.807, 2.05) is 0 Å². The summed E-state index contributed by atoms with van der Waals surface area (Å²) in [7, 11) is 2.90. The van der Waals surface area contributed by atoms with E-state index >= 15 is 8.78 Å². The van der Waals surface area contributed by atoms with Crippen molar-refractivity contribution in [2.75, 3.05) is 14.2 Å². The number of hydrogen-bond acceptors (Lipinski definition) is 8. The Morgan fingerprint density at radius 3 is 1.47 bits per heavy atom. The predicted molar refractivity (Wildman–Crippen MR) is 244 cm³/mol. The number of hydrogen-bond donors (Lipinski definition) is 3. The molecule has 0 heterocycles. The Morgan fingerprint density at radius 2 is 1.03 bits per heavy atom. The van der Waals surface area contributed by atoms with Gasteiger partial charge in [-0.3, -0.25) is 14.4 Å². The molecule has 8 unspecified atom stereocenters. The number of fused-ring (bicyclic) bond motifs is 10. The summed E-state index contributed by atoms with van der Waals surface area (Å²) in [6.45, 7) is 18.1. The Balaban J connectivity index is 0.000000191. The van der Waals surface area contributed by atoms with Crippen molar-refractivity contribution >= 4 is 17.7 Å². The van der Waals surface area contributed by atoms with Crippen LogP contribution in [0.1, 0.15) is 171 Å². The maximum Gasteiger partial charge on any atom is 0.305 e. The van der Waals surface area contributed by atoms with Crippen LogP contribution in [-0.2, 0) is 23.9 Å². The fourth-order valence-corrected chi connectivity index (χ4v) is 19.0. The van der Waals surface area contributed by atoms with Gasteiger partial charge >= 0.3 is 11.9 Å².